The minimum absolute atomic E-state index is 0.253. The number of hydrogen-bond donors (Lipinski definition) is 1. The van der Waals surface area contributed by atoms with Crippen LogP contribution in [0.3, 0.4) is 0 Å². The summed E-state index contributed by atoms with van der Waals surface area (Å²) >= 11 is 1.54. The van der Waals surface area contributed by atoms with Crippen molar-refractivity contribution in [2.45, 2.75) is 16.7 Å². The molecule has 3 aromatic carbocycles. The van der Waals surface area contributed by atoms with Crippen molar-refractivity contribution in [2.24, 2.45) is 0 Å². The third-order valence-electron chi connectivity index (χ3n) is 3.84. The smallest absolute Gasteiger partial charge is 0.344 e. The van der Waals surface area contributed by atoms with Crippen molar-refractivity contribution in [3.63, 3.8) is 0 Å². The summed E-state index contributed by atoms with van der Waals surface area (Å²) in [6.07, 6.45) is 0. The molecule has 6 heteroatoms. The number of carbonyl (C=O) groups excluding carboxylic acids is 2. The molecule has 0 saturated heterocycles. The van der Waals surface area contributed by atoms with E-state index >= 15 is 0 Å². The van der Waals surface area contributed by atoms with Crippen LogP contribution in [0.2, 0.25) is 0 Å². The Balaban J connectivity index is 1.49. The summed E-state index contributed by atoms with van der Waals surface area (Å²) in [6, 6.07) is 24.7. The Labute approximate surface area is 174 Å². The predicted octanol–water partition coefficient (Wildman–Crippen LogP) is 4.71. The third-order valence-corrected chi connectivity index (χ3v) is 4.93. The van der Waals surface area contributed by atoms with E-state index in [2.05, 4.69) is 5.32 Å². The topological polar surface area (TPSA) is 64.6 Å². The number of aryl methyl sites for hydroxylation is 1. The van der Waals surface area contributed by atoms with E-state index in [1.807, 2.05) is 79.7 Å². The Morgan fingerprint density at radius 3 is 2.45 bits per heavy atom. The highest BCUT2D eigenvalue weighted by Crippen LogP contribution is 2.33. The zero-order valence-electron chi connectivity index (χ0n) is 16.0. The molecule has 0 saturated carbocycles. The number of para-hydroxylation sites is 1. The van der Waals surface area contributed by atoms with Gasteiger partial charge in [-0.15, -0.1) is 0 Å². The van der Waals surface area contributed by atoms with Crippen LogP contribution in [0.25, 0.3) is 0 Å². The van der Waals surface area contributed by atoms with Gasteiger partial charge in [-0.05, 0) is 48.9 Å². The molecule has 0 spiro atoms. The van der Waals surface area contributed by atoms with Gasteiger partial charge in [0.25, 0.3) is 5.91 Å². The van der Waals surface area contributed by atoms with Gasteiger partial charge in [-0.2, -0.15) is 0 Å². The van der Waals surface area contributed by atoms with Crippen LogP contribution in [0.1, 0.15) is 5.56 Å². The Kier molecular flexibility index (Phi) is 7.30. The number of carbonyl (C=O) groups is 2. The van der Waals surface area contributed by atoms with Crippen LogP contribution >= 0.6 is 11.8 Å². The number of anilines is 1. The van der Waals surface area contributed by atoms with Crippen LogP contribution in [-0.2, 0) is 14.3 Å². The van der Waals surface area contributed by atoms with Crippen molar-refractivity contribution >= 4 is 29.3 Å². The number of amides is 1. The summed E-state index contributed by atoms with van der Waals surface area (Å²) in [4.78, 5) is 26.0. The molecular weight excluding hydrogens is 386 g/mol. The maximum Gasteiger partial charge on any atom is 0.344 e. The molecule has 0 aliphatic heterocycles. The highest BCUT2D eigenvalue weighted by atomic mass is 32.2. The van der Waals surface area contributed by atoms with E-state index < -0.39 is 11.9 Å². The van der Waals surface area contributed by atoms with Gasteiger partial charge >= 0.3 is 5.97 Å². The third kappa shape index (κ3) is 6.69. The van der Waals surface area contributed by atoms with Crippen LogP contribution < -0.4 is 10.1 Å². The monoisotopic (exact) mass is 407 g/mol. The molecule has 0 fully saturated rings. The molecule has 3 rings (SSSR count). The number of hydrogen-bond acceptors (Lipinski definition) is 5. The molecule has 0 unspecified atom stereocenters. The molecular formula is C23H21NO4S. The zero-order valence-corrected chi connectivity index (χ0v) is 16.8. The van der Waals surface area contributed by atoms with Crippen molar-refractivity contribution in [3.05, 3.63) is 84.4 Å². The number of nitrogens with one attached hydrogen (secondary N) is 1. The van der Waals surface area contributed by atoms with E-state index in [0.717, 1.165) is 15.4 Å². The van der Waals surface area contributed by atoms with Crippen molar-refractivity contribution in [2.75, 3.05) is 18.5 Å². The predicted molar refractivity (Wildman–Crippen MR) is 113 cm³/mol. The van der Waals surface area contributed by atoms with Crippen molar-refractivity contribution < 1.29 is 19.1 Å². The molecule has 0 heterocycles. The lowest BCUT2D eigenvalue weighted by atomic mass is 10.2. The van der Waals surface area contributed by atoms with Crippen molar-refractivity contribution in [3.8, 4) is 5.75 Å². The van der Waals surface area contributed by atoms with E-state index in [0.29, 0.717) is 11.4 Å². The highest BCUT2D eigenvalue weighted by molar-refractivity contribution is 7.99. The first-order valence-corrected chi connectivity index (χ1v) is 9.89. The van der Waals surface area contributed by atoms with Gasteiger partial charge in [-0.1, -0.05) is 54.2 Å². The Morgan fingerprint density at radius 2 is 1.66 bits per heavy atom. The summed E-state index contributed by atoms with van der Waals surface area (Å²) in [5.41, 5.74) is 1.70. The molecule has 1 amide bonds. The van der Waals surface area contributed by atoms with E-state index in [9.17, 15) is 9.59 Å². The molecule has 1 N–H and O–H groups in total. The second-order valence-corrected chi connectivity index (χ2v) is 7.34. The Morgan fingerprint density at radius 1 is 0.897 bits per heavy atom. The molecule has 148 valence electrons. The van der Waals surface area contributed by atoms with Gasteiger partial charge in [0.2, 0.25) is 0 Å². The number of benzene rings is 3. The fourth-order valence-corrected chi connectivity index (χ4v) is 3.42. The normalized spacial score (nSPS) is 10.2. The van der Waals surface area contributed by atoms with Crippen molar-refractivity contribution in [1.82, 2.24) is 0 Å². The SMILES string of the molecule is Cc1cccc(OCC(=O)OCC(=O)Nc2ccccc2Sc2ccccc2)c1. The van der Waals surface area contributed by atoms with E-state index in [-0.39, 0.29) is 13.2 Å². The standard InChI is InChI=1S/C23H21NO4S/c1-17-8-7-9-18(14-17)27-16-23(26)28-15-22(25)24-20-12-5-6-13-21(20)29-19-10-3-2-4-11-19/h2-14H,15-16H2,1H3,(H,24,25). The van der Waals surface area contributed by atoms with Gasteiger partial charge in [-0.3, -0.25) is 4.79 Å². The number of esters is 1. The average molecular weight is 407 g/mol. The lowest BCUT2D eigenvalue weighted by molar-refractivity contribution is -0.149. The molecule has 0 radical (unpaired) electrons. The first kappa shape index (κ1) is 20.5. The van der Waals surface area contributed by atoms with Gasteiger partial charge in [-0.25, -0.2) is 4.79 Å². The second kappa shape index (κ2) is 10.3. The molecule has 0 bridgehead atoms. The summed E-state index contributed by atoms with van der Waals surface area (Å²) < 4.78 is 10.4. The minimum atomic E-state index is -0.603. The quantitative estimate of drug-likeness (QED) is 0.548. The van der Waals surface area contributed by atoms with Gasteiger partial charge < -0.3 is 14.8 Å². The van der Waals surface area contributed by atoms with Gasteiger partial charge in [0.15, 0.2) is 13.2 Å². The van der Waals surface area contributed by atoms with Crippen LogP contribution in [0.15, 0.2) is 88.7 Å². The zero-order chi connectivity index (χ0) is 20.5. The molecule has 3 aromatic rings. The summed E-state index contributed by atoms with van der Waals surface area (Å²) in [6.45, 7) is 1.31. The minimum Gasteiger partial charge on any atom is -0.482 e. The fourth-order valence-electron chi connectivity index (χ4n) is 2.50. The average Bonchev–Trinajstić information content (AvgIpc) is 2.73. The summed E-state index contributed by atoms with van der Waals surface area (Å²) in [7, 11) is 0. The van der Waals surface area contributed by atoms with Crippen LogP contribution in [-0.4, -0.2) is 25.1 Å². The van der Waals surface area contributed by atoms with E-state index in [1.54, 1.807) is 17.8 Å². The van der Waals surface area contributed by atoms with Crippen molar-refractivity contribution in [1.29, 1.82) is 0 Å². The Bertz CT molecular complexity index is 975. The van der Waals surface area contributed by atoms with E-state index in [4.69, 9.17) is 9.47 Å². The summed E-state index contributed by atoms with van der Waals surface area (Å²) in [5, 5.41) is 2.79. The maximum absolute atomic E-state index is 12.2. The molecule has 5 nitrogen and oxygen atoms in total. The van der Waals surface area contributed by atoms with Crippen LogP contribution in [0.4, 0.5) is 5.69 Å². The number of ether oxygens (including phenoxy) is 2. The fraction of sp³-hybridized carbons (Fsp3) is 0.130. The molecule has 0 aromatic heterocycles. The first-order valence-electron chi connectivity index (χ1n) is 9.07. The lowest BCUT2D eigenvalue weighted by Gasteiger charge is -2.11. The number of rotatable bonds is 8. The lowest BCUT2D eigenvalue weighted by Crippen LogP contribution is -2.23. The first-order chi connectivity index (χ1) is 14.1. The van der Waals surface area contributed by atoms with Gasteiger partial charge in [0.1, 0.15) is 5.75 Å². The molecule has 0 aliphatic rings. The summed E-state index contributed by atoms with van der Waals surface area (Å²) in [5.74, 6) is -0.429. The largest absolute Gasteiger partial charge is 0.482 e. The molecule has 0 atom stereocenters. The van der Waals surface area contributed by atoms with Crippen LogP contribution in [0, 0.1) is 6.92 Å². The van der Waals surface area contributed by atoms with Crippen LogP contribution in [0.5, 0.6) is 5.75 Å². The van der Waals surface area contributed by atoms with Gasteiger partial charge in [0.05, 0.1) is 5.69 Å². The molecule has 0 aliphatic carbocycles. The van der Waals surface area contributed by atoms with E-state index in [1.165, 1.54) is 0 Å². The maximum atomic E-state index is 12.2. The Hall–Kier alpha value is -3.25. The second-order valence-electron chi connectivity index (χ2n) is 6.23. The highest BCUT2D eigenvalue weighted by Gasteiger charge is 2.11. The molecule has 29 heavy (non-hydrogen) atoms. The van der Waals surface area contributed by atoms with Gasteiger partial charge in [0, 0.05) is 9.79 Å².